The fourth-order valence-electron chi connectivity index (χ4n) is 1.09. The van der Waals surface area contributed by atoms with Crippen LogP contribution in [0.2, 0.25) is 4.34 Å². The Hall–Kier alpha value is -1.27. The van der Waals surface area contributed by atoms with Gasteiger partial charge in [0.05, 0.1) is 6.54 Å². The van der Waals surface area contributed by atoms with Gasteiger partial charge in [-0.05, 0) is 13.0 Å². The lowest BCUT2D eigenvalue weighted by Crippen LogP contribution is -2.23. The largest absolute Gasteiger partial charge is 0.348 e. The number of hydrogen-bond donors (Lipinski definition) is 0. The zero-order chi connectivity index (χ0) is 10.8. The van der Waals surface area contributed by atoms with Crippen LogP contribution in [0.1, 0.15) is 11.4 Å². The first-order valence-electron chi connectivity index (χ1n) is 4.17. The molecule has 2 aromatic rings. The van der Waals surface area contributed by atoms with Gasteiger partial charge in [-0.15, -0.1) is 5.10 Å². The molecule has 0 bridgehead atoms. The number of rotatable bonds is 2. The van der Waals surface area contributed by atoms with Crippen molar-refractivity contribution < 1.29 is 0 Å². The van der Waals surface area contributed by atoms with Crippen molar-refractivity contribution in [3.8, 4) is 0 Å². The number of aryl methyl sites for hydroxylation is 1. The van der Waals surface area contributed by atoms with E-state index < -0.39 is 0 Å². The van der Waals surface area contributed by atoms with E-state index in [4.69, 9.17) is 11.6 Å². The normalized spacial score (nSPS) is 10.5. The Morgan fingerprint density at radius 3 is 3.00 bits per heavy atom. The molecule has 0 aromatic carbocycles. The fraction of sp³-hybridized carbons (Fsp3) is 0.250. The molecule has 5 nitrogen and oxygen atoms in total. The summed E-state index contributed by atoms with van der Waals surface area (Å²) in [6.45, 7) is 2.07. The summed E-state index contributed by atoms with van der Waals surface area (Å²) < 4.78 is 5.63. The van der Waals surface area contributed by atoms with Gasteiger partial charge in [0.15, 0.2) is 0 Å². The van der Waals surface area contributed by atoms with E-state index in [0.29, 0.717) is 22.3 Å². The maximum Gasteiger partial charge on any atom is 0.348 e. The smallest absolute Gasteiger partial charge is 0.293 e. The first-order chi connectivity index (χ1) is 7.16. The van der Waals surface area contributed by atoms with E-state index in [-0.39, 0.29) is 5.69 Å². The van der Waals surface area contributed by atoms with Crippen LogP contribution in [0.4, 0.5) is 0 Å². The van der Waals surface area contributed by atoms with Gasteiger partial charge in [-0.25, -0.2) is 4.79 Å². The van der Waals surface area contributed by atoms with Crippen LogP contribution < -0.4 is 5.69 Å². The molecule has 0 amide bonds. The predicted molar refractivity (Wildman–Crippen MR) is 57.3 cm³/mol. The molecule has 2 heterocycles. The van der Waals surface area contributed by atoms with Crippen molar-refractivity contribution >= 4 is 23.1 Å². The van der Waals surface area contributed by atoms with Gasteiger partial charge in [-0.1, -0.05) is 16.1 Å². The molecule has 0 aliphatic carbocycles. The summed E-state index contributed by atoms with van der Waals surface area (Å²) in [5.41, 5.74) is 0.979. The predicted octanol–water partition coefficient (Wildman–Crippen LogP) is 1.10. The van der Waals surface area contributed by atoms with Crippen molar-refractivity contribution in [2.75, 3.05) is 0 Å². The summed E-state index contributed by atoms with van der Waals surface area (Å²) >= 11 is 6.93. The third-order valence-corrected chi connectivity index (χ3v) is 2.83. The van der Waals surface area contributed by atoms with E-state index in [1.54, 1.807) is 19.2 Å². The maximum absolute atomic E-state index is 11.4. The van der Waals surface area contributed by atoms with Crippen LogP contribution in [0.25, 0.3) is 0 Å². The standard InChI is InChI=1S/C8H7ClN4OS/c1-5-2-3-13(8(14)10-5)4-6-7(9)15-12-11-6/h2-3H,4H2,1H3. The van der Waals surface area contributed by atoms with Crippen molar-refractivity contribution in [2.24, 2.45) is 0 Å². The molecule has 0 unspecified atom stereocenters. The van der Waals surface area contributed by atoms with Crippen molar-refractivity contribution in [3.63, 3.8) is 0 Å². The summed E-state index contributed by atoms with van der Waals surface area (Å²) in [6, 6.07) is 1.76. The molecule has 15 heavy (non-hydrogen) atoms. The SMILES string of the molecule is Cc1ccn(Cc2nnsc2Cl)c(=O)n1. The van der Waals surface area contributed by atoms with Gasteiger partial charge in [0.1, 0.15) is 10.0 Å². The van der Waals surface area contributed by atoms with Crippen LogP contribution in [-0.4, -0.2) is 19.1 Å². The van der Waals surface area contributed by atoms with Gasteiger partial charge >= 0.3 is 5.69 Å². The van der Waals surface area contributed by atoms with E-state index in [1.807, 2.05) is 0 Å². The highest BCUT2D eigenvalue weighted by molar-refractivity contribution is 7.10. The molecular formula is C8H7ClN4OS. The summed E-state index contributed by atoms with van der Waals surface area (Å²) in [4.78, 5) is 15.2. The summed E-state index contributed by atoms with van der Waals surface area (Å²) in [7, 11) is 0. The molecule has 0 atom stereocenters. The van der Waals surface area contributed by atoms with Crippen molar-refractivity contribution in [2.45, 2.75) is 13.5 Å². The molecule has 0 fully saturated rings. The summed E-state index contributed by atoms with van der Waals surface area (Å²) in [6.07, 6.45) is 1.67. The average Bonchev–Trinajstić information content (AvgIpc) is 2.57. The highest BCUT2D eigenvalue weighted by Crippen LogP contribution is 2.17. The molecule has 2 aromatic heterocycles. The molecular weight excluding hydrogens is 236 g/mol. The van der Waals surface area contributed by atoms with E-state index in [1.165, 1.54) is 4.57 Å². The molecule has 0 aliphatic heterocycles. The molecule has 0 N–H and O–H groups in total. The van der Waals surface area contributed by atoms with Gasteiger partial charge in [0.25, 0.3) is 0 Å². The second-order valence-corrected chi connectivity index (χ2v) is 4.33. The highest BCUT2D eigenvalue weighted by atomic mass is 35.5. The Kier molecular flexibility index (Phi) is 2.79. The van der Waals surface area contributed by atoms with Gasteiger partial charge in [-0.3, -0.25) is 4.57 Å². The first kappa shape index (κ1) is 10.3. The lowest BCUT2D eigenvalue weighted by Gasteiger charge is -2.01. The van der Waals surface area contributed by atoms with E-state index in [0.717, 1.165) is 11.5 Å². The van der Waals surface area contributed by atoms with E-state index in [9.17, 15) is 4.79 Å². The fourth-order valence-corrected chi connectivity index (χ4v) is 1.70. The third-order valence-electron chi connectivity index (χ3n) is 1.84. The monoisotopic (exact) mass is 242 g/mol. The lowest BCUT2D eigenvalue weighted by molar-refractivity contribution is 0.703. The zero-order valence-electron chi connectivity index (χ0n) is 7.85. The molecule has 7 heteroatoms. The van der Waals surface area contributed by atoms with Crippen LogP contribution in [0.5, 0.6) is 0 Å². The number of aromatic nitrogens is 4. The average molecular weight is 243 g/mol. The Labute approximate surface area is 94.5 Å². The van der Waals surface area contributed by atoms with Crippen molar-refractivity contribution in [3.05, 3.63) is 38.5 Å². The first-order valence-corrected chi connectivity index (χ1v) is 5.33. The van der Waals surface area contributed by atoms with Gasteiger partial charge in [0.2, 0.25) is 0 Å². The van der Waals surface area contributed by atoms with Crippen LogP contribution >= 0.6 is 23.1 Å². The molecule has 0 radical (unpaired) electrons. The molecule has 0 saturated heterocycles. The minimum atomic E-state index is -0.306. The molecule has 0 saturated carbocycles. The Morgan fingerprint density at radius 1 is 1.60 bits per heavy atom. The second-order valence-electron chi connectivity index (χ2n) is 2.97. The van der Waals surface area contributed by atoms with Crippen LogP contribution in [0.3, 0.4) is 0 Å². The third kappa shape index (κ3) is 2.21. The molecule has 0 spiro atoms. The quantitative estimate of drug-likeness (QED) is 0.791. The summed E-state index contributed by atoms with van der Waals surface area (Å²) in [5.74, 6) is 0. The maximum atomic E-state index is 11.4. The number of halogens is 1. The minimum absolute atomic E-state index is 0.306. The molecule has 2 rings (SSSR count). The Balaban J connectivity index is 2.33. The molecule has 0 aliphatic rings. The van der Waals surface area contributed by atoms with Gasteiger partial charge in [-0.2, -0.15) is 4.98 Å². The highest BCUT2D eigenvalue weighted by Gasteiger charge is 2.07. The van der Waals surface area contributed by atoms with Crippen LogP contribution in [-0.2, 0) is 6.54 Å². The van der Waals surface area contributed by atoms with Crippen LogP contribution in [0, 0.1) is 6.92 Å². The van der Waals surface area contributed by atoms with Crippen LogP contribution in [0.15, 0.2) is 17.1 Å². The summed E-state index contributed by atoms with van der Waals surface area (Å²) in [5, 5.41) is 3.82. The minimum Gasteiger partial charge on any atom is -0.293 e. The second kappa shape index (κ2) is 4.08. The topological polar surface area (TPSA) is 60.7 Å². The molecule has 78 valence electrons. The van der Waals surface area contributed by atoms with E-state index in [2.05, 4.69) is 14.6 Å². The lowest BCUT2D eigenvalue weighted by atomic mass is 10.4. The Bertz CT molecular complexity index is 535. The Morgan fingerprint density at radius 2 is 2.40 bits per heavy atom. The van der Waals surface area contributed by atoms with Gasteiger partial charge in [0, 0.05) is 23.4 Å². The van der Waals surface area contributed by atoms with E-state index >= 15 is 0 Å². The zero-order valence-corrected chi connectivity index (χ0v) is 9.42. The van der Waals surface area contributed by atoms with Crippen molar-refractivity contribution in [1.29, 1.82) is 0 Å². The van der Waals surface area contributed by atoms with Gasteiger partial charge < -0.3 is 0 Å². The number of nitrogens with zero attached hydrogens (tertiary/aromatic N) is 4. The number of hydrogen-bond acceptors (Lipinski definition) is 5. The van der Waals surface area contributed by atoms with Crippen molar-refractivity contribution in [1.82, 2.24) is 19.1 Å².